The van der Waals surface area contributed by atoms with E-state index < -0.39 is 73.4 Å². The van der Waals surface area contributed by atoms with Gasteiger partial charge in [-0.25, -0.2) is 4.79 Å². The van der Waals surface area contributed by atoms with Crippen LogP contribution in [0.3, 0.4) is 0 Å². The molecular formula is C50H54O13. The Hall–Kier alpha value is -5.32. The largest absolute Gasteiger partial charge is 0.467 e. The van der Waals surface area contributed by atoms with Gasteiger partial charge in [-0.05, 0) is 27.8 Å². The molecule has 332 valence electrons. The second-order valence-electron chi connectivity index (χ2n) is 15.2. The van der Waals surface area contributed by atoms with Crippen molar-refractivity contribution in [1.82, 2.24) is 0 Å². The van der Waals surface area contributed by atoms with E-state index in [1.165, 1.54) is 14.0 Å². The molecule has 13 heteroatoms. The molecule has 0 aromatic heterocycles. The minimum absolute atomic E-state index is 0.0211. The Morgan fingerprint density at radius 1 is 0.476 bits per heavy atom. The fourth-order valence-corrected chi connectivity index (χ4v) is 7.50. The van der Waals surface area contributed by atoms with Gasteiger partial charge in [0.1, 0.15) is 36.6 Å². The van der Waals surface area contributed by atoms with Crippen molar-refractivity contribution >= 4 is 11.9 Å². The lowest BCUT2D eigenvalue weighted by Gasteiger charge is -2.47. The van der Waals surface area contributed by atoms with E-state index in [1.807, 2.05) is 152 Å². The molecule has 0 bridgehead atoms. The molecule has 5 aromatic rings. The van der Waals surface area contributed by atoms with E-state index in [9.17, 15) is 14.7 Å². The molecule has 0 amide bonds. The number of rotatable bonds is 20. The number of carbonyl (C=O) groups excluding carboxylic acids is 2. The van der Waals surface area contributed by atoms with Crippen molar-refractivity contribution in [3.05, 3.63) is 179 Å². The number of hydrogen-bond acceptors (Lipinski definition) is 13. The molecule has 2 saturated heterocycles. The van der Waals surface area contributed by atoms with Gasteiger partial charge in [-0.3, -0.25) is 4.79 Å². The van der Waals surface area contributed by atoms with Gasteiger partial charge in [0.25, 0.3) is 0 Å². The van der Waals surface area contributed by atoms with Crippen LogP contribution in [0.4, 0.5) is 0 Å². The molecule has 2 fully saturated rings. The Kier molecular flexibility index (Phi) is 17.0. The van der Waals surface area contributed by atoms with Crippen LogP contribution in [0.5, 0.6) is 0 Å². The Bertz CT molecular complexity index is 2090. The minimum Gasteiger partial charge on any atom is -0.467 e. The van der Waals surface area contributed by atoms with Gasteiger partial charge in [0.2, 0.25) is 0 Å². The van der Waals surface area contributed by atoms with Gasteiger partial charge in [-0.1, -0.05) is 152 Å². The molecule has 0 saturated carbocycles. The van der Waals surface area contributed by atoms with E-state index in [-0.39, 0.29) is 39.6 Å². The summed E-state index contributed by atoms with van der Waals surface area (Å²) in [6.07, 6.45) is -11.6. The zero-order chi connectivity index (χ0) is 43.8. The molecule has 13 nitrogen and oxygen atoms in total. The van der Waals surface area contributed by atoms with Gasteiger partial charge >= 0.3 is 11.9 Å². The van der Waals surface area contributed by atoms with E-state index in [4.69, 9.17) is 47.4 Å². The number of hydrogen-bond donors (Lipinski definition) is 1. The number of aliphatic hydroxyl groups excluding tert-OH is 1. The monoisotopic (exact) mass is 862 g/mol. The van der Waals surface area contributed by atoms with Crippen LogP contribution < -0.4 is 0 Å². The van der Waals surface area contributed by atoms with Crippen LogP contribution in [-0.2, 0) is 90.0 Å². The normalized spacial score (nSPS) is 25.8. The zero-order valence-corrected chi connectivity index (χ0v) is 35.3. The van der Waals surface area contributed by atoms with E-state index >= 15 is 0 Å². The highest BCUT2D eigenvalue weighted by atomic mass is 16.8. The molecule has 7 rings (SSSR count). The van der Waals surface area contributed by atoms with Crippen molar-refractivity contribution in [3.8, 4) is 0 Å². The van der Waals surface area contributed by atoms with Gasteiger partial charge in [-0.2, -0.15) is 0 Å². The Balaban J connectivity index is 1.22. The standard InChI is InChI=1S/C50H54O13/c1-34(51)61-47-43(56-29-36-20-10-4-11-21-36)41(52)44(48(53)54-2)63-50(47)60-33-40-42(55-28-35-18-8-3-9-19-35)45(57-30-37-22-12-5-13-23-37)46(58-31-38-24-14-6-15-25-38)49(62-40)59-32-39-26-16-7-17-27-39/h3-27,40-47,49-50,52H,28-33H2,1-2H3/t40-,41+,42-,43+,44-,45+,46-,47-,49-,50-/m1/s1. The van der Waals surface area contributed by atoms with E-state index in [2.05, 4.69) is 0 Å². The van der Waals surface area contributed by atoms with E-state index in [0.29, 0.717) is 0 Å². The summed E-state index contributed by atoms with van der Waals surface area (Å²) in [7, 11) is 1.18. The quantitative estimate of drug-likeness (QED) is 0.0854. The van der Waals surface area contributed by atoms with Gasteiger partial charge in [0.15, 0.2) is 24.8 Å². The number of ether oxygens (including phenoxy) is 10. The molecule has 2 aliphatic rings. The lowest BCUT2D eigenvalue weighted by Crippen LogP contribution is -2.64. The molecule has 0 aliphatic carbocycles. The molecule has 2 heterocycles. The lowest BCUT2D eigenvalue weighted by atomic mass is 9.97. The van der Waals surface area contributed by atoms with Crippen LogP contribution in [-0.4, -0.2) is 92.2 Å². The first-order valence-electron chi connectivity index (χ1n) is 21.0. The highest BCUT2D eigenvalue weighted by molar-refractivity contribution is 5.75. The van der Waals surface area contributed by atoms with E-state index in [0.717, 1.165) is 27.8 Å². The topological polar surface area (TPSA) is 147 Å². The summed E-state index contributed by atoms with van der Waals surface area (Å²) in [5.41, 5.74) is 4.46. The molecule has 0 radical (unpaired) electrons. The smallest absolute Gasteiger partial charge is 0.337 e. The number of methoxy groups -OCH3 is 1. The number of esters is 2. The van der Waals surface area contributed by atoms with Crippen molar-refractivity contribution in [2.24, 2.45) is 0 Å². The second kappa shape index (κ2) is 23.4. The first-order valence-corrected chi connectivity index (χ1v) is 21.0. The molecule has 2 aliphatic heterocycles. The van der Waals surface area contributed by atoms with Gasteiger partial charge in [0.05, 0.1) is 46.8 Å². The molecule has 1 N–H and O–H groups in total. The number of carbonyl (C=O) groups is 2. The van der Waals surface area contributed by atoms with Crippen molar-refractivity contribution in [1.29, 1.82) is 0 Å². The predicted molar refractivity (Wildman–Crippen MR) is 228 cm³/mol. The van der Waals surface area contributed by atoms with Crippen LogP contribution in [0.1, 0.15) is 34.7 Å². The maximum atomic E-state index is 13.1. The Labute approximate surface area is 367 Å². The van der Waals surface area contributed by atoms with Crippen LogP contribution in [0.15, 0.2) is 152 Å². The van der Waals surface area contributed by atoms with Crippen molar-refractivity contribution in [3.63, 3.8) is 0 Å². The summed E-state index contributed by atoms with van der Waals surface area (Å²) in [4.78, 5) is 25.7. The minimum atomic E-state index is -1.59. The summed E-state index contributed by atoms with van der Waals surface area (Å²) in [5.74, 6) is -1.56. The third-order valence-corrected chi connectivity index (χ3v) is 10.7. The summed E-state index contributed by atoms with van der Waals surface area (Å²) in [5, 5.41) is 11.5. The second-order valence-corrected chi connectivity index (χ2v) is 15.2. The first kappa shape index (κ1) is 45.7. The molecular weight excluding hydrogens is 809 g/mol. The Morgan fingerprint density at radius 3 is 1.29 bits per heavy atom. The lowest BCUT2D eigenvalue weighted by molar-refractivity contribution is -0.346. The van der Waals surface area contributed by atoms with Gasteiger partial charge in [-0.15, -0.1) is 0 Å². The molecule has 5 aromatic carbocycles. The Morgan fingerprint density at radius 2 is 0.857 bits per heavy atom. The van der Waals surface area contributed by atoms with Crippen LogP contribution in [0.25, 0.3) is 0 Å². The fraction of sp³-hybridized carbons (Fsp3) is 0.360. The molecule has 0 unspecified atom stereocenters. The molecule has 0 spiro atoms. The highest BCUT2D eigenvalue weighted by Crippen LogP contribution is 2.34. The number of aliphatic hydroxyl groups is 1. The van der Waals surface area contributed by atoms with Crippen LogP contribution >= 0.6 is 0 Å². The van der Waals surface area contributed by atoms with Crippen molar-refractivity contribution < 1.29 is 62.1 Å². The van der Waals surface area contributed by atoms with Crippen molar-refractivity contribution in [2.45, 2.75) is 101 Å². The van der Waals surface area contributed by atoms with Crippen LogP contribution in [0, 0.1) is 0 Å². The van der Waals surface area contributed by atoms with E-state index in [1.54, 1.807) is 0 Å². The van der Waals surface area contributed by atoms with Gasteiger partial charge in [0, 0.05) is 6.92 Å². The molecule has 10 atom stereocenters. The van der Waals surface area contributed by atoms with Crippen molar-refractivity contribution in [2.75, 3.05) is 13.7 Å². The van der Waals surface area contributed by atoms with Crippen LogP contribution in [0.2, 0.25) is 0 Å². The average molecular weight is 863 g/mol. The first-order chi connectivity index (χ1) is 30.9. The molecule has 63 heavy (non-hydrogen) atoms. The maximum Gasteiger partial charge on any atom is 0.337 e. The highest BCUT2D eigenvalue weighted by Gasteiger charge is 2.54. The number of benzene rings is 5. The summed E-state index contributed by atoms with van der Waals surface area (Å²) in [6, 6.07) is 48.2. The summed E-state index contributed by atoms with van der Waals surface area (Å²) in [6.45, 7) is 1.79. The average Bonchev–Trinajstić information content (AvgIpc) is 3.32. The zero-order valence-electron chi connectivity index (χ0n) is 35.3. The van der Waals surface area contributed by atoms with Gasteiger partial charge < -0.3 is 52.5 Å². The predicted octanol–water partition coefficient (Wildman–Crippen LogP) is 6.48. The maximum absolute atomic E-state index is 13.1. The summed E-state index contributed by atoms with van der Waals surface area (Å²) >= 11 is 0. The third kappa shape index (κ3) is 12.9. The summed E-state index contributed by atoms with van der Waals surface area (Å²) < 4.78 is 63.3. The third-order valence-electron chi connectivity index (χ3n) is 10.7. The SMILES string of the molecule is COC(=O)[C@@H]1O[C@@H](OC[C@H]2O[C@@H](OCc3ccccc3)[C@H](OCc3ccccc3)[C@@H](OCc3ccccc3)[C@@H]2OCc2ccccc2)[C@H](OC(C)=O)[C@@H](OCc2ccccc2)[C@@H]1O. The fourth-order valence-electron chi connectivity index (χ4n) is 7.50.